The molecular formula is C14H22N2O2S. The van der Waals surface area contributed by atoms with Crippen molar-refractivity contribution in [1.29, 1.82) is 0 Å². The molecule has 1 aliphatic heterocycles. The molecule has 1 heterocycles. The van der Waals surface area contributed by atoms with E-state index >= 15 is 0 Å². The molecule has 4 nitrogen and oxygen atoms in total. The normalized spacial score (nSPS) is 25.5. The Morgan fingerprint density at radius 2 is 1.53 bits per heavy atom. The lowest BCUT2D eigenvalue weighted by Crippen LogP contribution is -2.57. The minimum absolute atomic E-state index is 0.0189. The van der Waals surface area contributed by atoms with Gasteiger partial charge < -0.3 is 5.32 Å². The molecule has 1 fully saturated rings. The Balaban J connectivity index is 2.46. The first-order chi connectivity index (χ1) is 8.82. The van der Waals surface area contributed by atoms with Gasteiger partial charge in [0.2, 0.25) is 10.0 Å². The third-order valence-electron chi connectivity index (χ3n) is 3.52. The molecule has 19 heavy (non-hydrogen) atoms. The Bertz CT molecular complexity index is 539. The van der Waals surface area contributed by atoms with Crippen LogP contribution in [0.25, 0.3) is 0 Å². The van der Waals surface area contributed by atoms with E-state index in [4.69, 9.17) is 0 Å². The van der Waals surface area contributed by atoms with Crippen LogP contribution in [0.5, 0.6) is 0 Å². The second kappa shape index (κ2) is 5.23. The number of nitrogens with one attached hydrogen (secondary N) is 1. The van der Waals surface area contributed by atoms with Crippen molar-refractivity contribution in [2.45, 2.75) is 44.7 Å². The number of piperazine rings is 1. The summed E-state index contributed by atoms with van der Waals surface area (Å²) in [5.74, 6) is 0. The number of nitrogens with zero attached hydrogens (tertiary/aromatic N) is 1. The predicted octanol–water partition coefficient (Wildman–Crippen LogP) is 1.67. The van der Waals surface area contributed by atoms with Crippen molar-refractivity contribution in [2.75, 3.05) is 13.1 Å². The number of benzene rings is 1. The van der Waals surface area contributed by atoms with Gasteiger partial charge in [0.1, 0.15) is 0 Å². The summed E-state index contributed by atoms with van der Waals surface area (Å²) in [6, 6.07) is 5.46. The highest BCUT2D eigenvalue weighted by Gasteiger charge is 2.35. The summed E-state index contributed by atoms with van der Waals surface area (Å²) in [5.41, 5.74) is 1.96. The van der Waals surface area contributed by atoms with E-state index in [2.05, 4.69) is 5.32 Å². The fourth-order valence-corrected chi connectivity index (χ4v) is 4.80. The molecule has 1 aliphatic rings. The molecule has 0 saturated carbocycles. The summed E-state index contributed by atoms with van der Waals surface area (Å²) < 4.78 is 27.3. The van der Waals surface area contributed by atoms with Crippen LogP contribution in [-0.2, 0) is 10.0 Å². The van der Waals surface area contributed by atoms with E-state index in [0.717, 1.165) is 11.1 Å². The van der Waals surface area contributed by atoms with Crippen LogP contribution in [0.1, 0.15) is 25.0 Å². The average molecular weight is 282 g/mol. The molecule has 0 spiro atoms. The molecular weight excluding hydrogens is 260 g/mol. The van der Waals surface area contributed by atoms with Crippen molar-refractivity contribution in [3.05, 3.63) is 29.3 Å². The number of sulfonamides is 1. The molecule has 5 heteroatoms. The smallest absolute Gasteiger partial charge is 0.243 e. The lowest BCUT2D eigenvalue weighted by molar-refractivity contribution is 0.220. The summed E-state index contributed by atoms with van der Waals surface area (Å²) in [7, 11) is -3.41. The van der Waals surface area contributed by atoms with Gasteiger partial charge in [0.05, 0.1) is 4.90 Å². The van der Waals surface area contributed by atoms with Crippen molar-refractivity contribution in [3.63, 3.8) is 0 Å². The van der Waals surface area contributed by atoms with E-state index in [9.17, 15) is 8.42 Å². The zero-order valence-corrected chi connectivity index (χ0v) is 12.8. The average Bonchev–Trinajstić information content (AvgIpc) is 2.26. The zero-order valence-electron chi connectivity index (χ0n) is 12.0. The van der Waals surface area contributed by atoms with Crippen LogP contribution < -0.4 is 5.32 Å². The Morgan fingerprint density at radius 1 is 1.05 bits per heavy atom. The highest BCUT2D eigenvalue weighted by Crippen LogP contribution is 2.24. The van der Waals surface area contributed by atoms with Gasteiger partial charge in [0.25, 0.3) is 0 Å². The van der Waals surface area contributed by atoms with Crippen LogP contribution in [0.15, 0.2) is 23.1 Å². The first-order valence-corrected chi connectivity index (χ1v) is 8.09. The topological polar surface area (TPSA) is 49.4 Å². The van der Waals surface area contributed by atoms with E-state index in [1.165, 1.54) is 0 Å². The maximum absolute atomic E-state index is 12.8. The molecule has 1 N–H and O–H groups in total. The molecule has 0 bridgehead atoms. The second-order valence-corrected chi connectivity index (χ2v) is 7.36. The molecule has 0 aromatic heterocycles. The van der Waals surface area contributed by atoms with Crippen LogP contribution in [-0.4, -0.2) is 37.9 Å². The van der Waals surface area contributed by atoms with Crippen LogP contribution >= 0.6 is 0 Å². The fourth-order valence-electron chi connectivity index (χ4n) is 2.79. The van der Waals surface area contributed by atoms with Gasteiger partial charge in [-0.2, -0.15) is 4.31 Å². The van der Waals surface area contributed by atoms with Crippen LogP contribution in [0.4, 0.5) is 0 Å². The highest BCUT2D eigenvalue weighted by atomic mass is 32.2. The quantitative estimate of drug-likeness (QED) is 0.898. The molecule has 0 amide bonds. The predicted molar refractivity (Wildman–Crippen MR) is 76.7 cm³/mol. The first-order valence-electron chi connectivity index (χ1n) is 6.65. The van der Waals surface area contributed by atoms with Crippen LogP contribution in [0.2, 0.25) is 0 Å². The summed E-state index contributed by atoms with van der Waals surface area (Å²) >= 11 is 0. The molecule has 2 rings (SSSR count). The summed E-state index contributed by atoms with van der Waals surface area (Å²) in [6.07, 6.45) is 0. The van der Waals surface area contributed by atoms with Gasteiger partial charge in [-0.1, -0.05) is 6.07 Å². The van der Waals surface area contributed by atoms with Gasteiger partial charge in [0, 0.05) is 25.2 Å². The lowest BCUT2D eigenvalue weighted by atomic mass is 10.2. The van der Waals surface area contributed by atoms with Gasteiger partial charge in [-0.25, -0.2) is 8.42 Å². The first kappa shape index (κ1) is 14.5. The molecule has 106 valence electrons. The van der Waals surface area contributed by atoms with Gasteiger partial charge in [-0.15, -0.1) is 0 Å². The third kappa shape index (κ3) is 2.83. The highest BCUT2D eigenvalue weighted by molar-refractivity contribution is 7.89. The van der Waals surface area contributed by atoms with Gasteiger partial charge >= 0.3 is 0 Å². The van der Waals surface area contributed by atoms with E-state index in [1.54, 1.807) is 16.4 Å². The number of aryl methyl sites for hydroxylation is 2. The Labute approximate surface area is 115 Å². The molecule has 0 aliphatic carbocycles. The standard InChI is InChI=1S/C14H22N2O2S/c1-10-5-11(2)7-14(6-10)19(17,18)16-12(3)8-15-9-13(16)4/h5-7,12-13,15H,8-9H2,1-4H3. The summed E-state index contributed by atoms with van der Waals surface area (Å²) in [4.78, 5) is 0.408. The van der Waals surface area contributed by atoms with E-state index in [1.807, 2.05) is 33.8 Å². The largest absolute Gasteiger partial charge is 0.314 e. The molecule has 0 radical (unpaired) electrons. The second-order valence-electron chi connectivity index (χ2n) is 5.51. The molecule has 1 saturated heterocycles. The summed E-state index contributed by atoms with van der Waals surface area (Å²) in [5, 5.41) is 3.25. The van der Waals surface area contributed by atoms with E-state index in [0.29, 0.717) is 18.0 Å². The zero-order chi connectivity index (χ0) is 14.2. The number of hydrogen-bond acceptors (Lipinski definition) is 3. The third-order valence-corrected chi connectivity index (χ3v) is 5.63. The maximum atomic E-state index is 12.8. The van der Waals surface area contributed by atoms with Gasteiger partial charge in [0.15, 0.2) is 0 Å². The van der Waals surface area contributed by atoms with E-state index < -0.39 is 10.0 Å². The monoisotopic (exact) mass is 282 g/mol. The van der Waals surface area contributed by atoms with E-state index in [-0.39, 0.29) is 12.1 Å². The Kier molecular flexibility index (Phi) is 3.99. The Morgan fingerprint density at radius 3 is 2.00 bits per heavy atom. The minimum atomic E-state index is -3.41. The van der Waals surface area contributed by atoms with Crippen molar-refractivity contribution in [1.82, 2.24) is 9.62 Å². The van der Waals surface area contributed by atoms with Crippen LogP contribution in [0.3, 0.4) is 0 Å². The molecule has 2 unspecified atom stereocenters. The number of rotatable bonds is 2. The van der Waals surface area contributed by atoms with Crippen molar-refractivity contribution >= 4 is 10.0 Å². The summed E-state index contributed by atoms with van der Waals surface area (Å²) in [6.45, 7) is 9.15. The van der Waals surface area contributed by atoms with Crippen molar-refractivity contribution in [2.24, 2.45) is 0 Å². The maximum Gasteiger partial charge on any atom is 0.243 e. The minimum Gasteiger partial charge on any atom is -0.314 e. The molecule has 1 aromatic carbocycles. The number of hydrogen-bond donors (Lipinski definition) is 1. The molecule has 1 aromatic rings. The molecule has 2 atom stereocenters. The fraction of sp³-hybridized carbons (Fsp3) is 0.571. The van der Waals surface area contributed by atoms with Crippen LogP contribution in [0, 0.1) is 13.8 Å². The van der Waals surface area contributed by atoms with Gasteiger partial charge in [-0.3, -0.25) is 0 Å². The lowest BCUT2D eigenvalue weighted by Gasteiger charge is -2.38. The Hall–Kier alpha value is -0.910. The van der Waals surface area contributed by atoms with Gasteiger partial charge in [-0.05, 0) is 51.0 Å². The SMILES string of the molecule is Cc1cc(C)cc(S(=O)(=O)N2C(C)CNCC2C)c1. The van der Waals surface area contributed by atoms with Crippen molar-refractivity contribution < 1.29 is 8.42 Å². The van der Waals surface area contributed by atoms with Crippen molar-refractivity contribution in [3.8, 4) is 0 Å².